The molecular formula is C14H12N6O4S. The Hall–Kier alpha value is -3.13. The van der Waals surface area contributed by atoms with E-state index in [4.69, 9.17) is 9.68 Å². The van der Waals surface area contributed by atoms with Crippen LogP contribution < -0.4 is 4.90 Å². The molecule has 1 saturated heterocycles. The van der Waals surface area contributed by atoms with Gasteiger partial charge in [-0.05, 0) is 6.07 Å². The molecule has 0 bridgehead atoms. The van der Waals surface area contributed by atoms with Crippen molar-refractivity contribution in [2.24, 2.45) is 0 Å². The van der Waals surface area contributed by atoms with Crippen molar-refractivity contribution in [3.05, 3.63) is 40.6 Å². The van der Waals surface area contributed by atoms with Crippen LogP contribution in [0.25, 0.3) is 0 Å². The van der Waals surface area contributed by atoms with Crippen LogP contribution in [0.1, 0.15) is 10.4 Å². The average Bonchev–Trinajstić information content (AvgIpc) is 3.16. The van der Waals surface area contributed by atoms with Gasteiger partial charge in [0.25, 0.3) is 5.91 Å². The van der Waals surface area contributed by atoms with Gasteiger partial charge in [-0.25, -0.2) is 9.97 Å². The zero-order valence-electron chi connectivity index (χ0n) is 12.9. The minimum atomic E-state index is -0.585. The summed E-state index contributed by atoms with van der Waals surface area (Å²) in [7, 11) is 0. The van der Waals surface area contributed by atoms with E-state index in [-0.39, 0.29) is 22.4 Å². The SMILES string of the molecule is N#CSc1ncnc(N2CCN(C(=O)c3ccoc3)CC2)c1[N+](=O)[O-]. The number of carbonyl (C=O) groups is 1. The minimum Gasteiger partial charge on any atom is -0.472 e. The molecule has 2 aromatic heterocycles. The summed E-state index contributed by atoms with van der Waals surface area (Å²) in [6.07, 6.45) is 4.02. The van der Waals surface area contributed by atoms with E-state index in [9.17, 15) is 14.9 Å². The molecule has 0 saturated carbocycles. The highest BCUT2D eigenvalue weighted by Crippen LogP contribution is 2.34. The van der Waals surface area contributed by atoms with Crippen LogP contribution >= 0.6 is 11.8 Å². The maximum Gasteiger partial charge on any atom is 0.344 e. The van der Waals surface area contributed by atoms with Crippen molar-refractivity contribution in [2.75, 3.05) is 31.1 Å². The number of anilines is 1. The Bertz CT molecular complexity index is 826. The van der Waals surface area contributed by atoms with Gasteiger partial charge in [0.15, 0.2) is 5.03 Å². The Morgan fingerprint density at radius 3 is 2.72 bits per heavy atom. The molecule has 25 heavy (non-hydrogen) atoms. The van der Waals surface area contributed by atoms with Crippen LogP contribution in [0.5, 0.6) is 0 Å². The minimum absolute atomic E-state index is 0.00871. The summed E-state index contributed by atoms with van der Waals surface area (Å²) >= 11 is 0.623. The second-order valence-electron chi connectivity index (χ2n) is 5.09. The normalized spacial score (nSPS) is 14.2. The largest absolute Gasteiger partial charge is 0.472 e. The highest BCUT2D eigenvalue weighted by Gasteiger charge is 2.30. The fourth-order valence-electron chi connectivity index (χ4n) is 2.55. The van der Waals surface area contributed by atoms with Crippen molar-refractivity contribution < 1.29 is 14.1 Å². The molecule has 1 amide bonds. The number of amides is 1. The zero-order chi connectivity index (χ0) is 17.8. The van der Waals surface area contributed by atoms with Crippen LogP contribution in [-0.4, -0.2) is 51.9 Å². The first-order chi connectivity index (χ1) is 12.1. The number of rotatable bonds is 4. The maximum absolute atomic E-state index is 12.3. The van der Waals surface area contributed by atoms with Gasteiger partial charge in [-0.2, -0.15) is 5.26 Å². The van der Waals surface area contributed by atoms with Crippen LogP contribution in [-0.2, 0) is 0 Å². The van der Waals surface area contributed by atoms with Gasteiger partial charge >= 0.3 is 5.69 Å². The lowest BCUT2D eigenvalue weighted by Gasteiger charge is -2.34. The second-order valence-corrected chi connectivity index (χ2v) is 5.87. The third-order valence-corrected chi connectivity index (χ3v) is 4.31. The molecule has 0 atom stereocenters. The Labute approximate surface area is 146 Å². The Balaban J connectivity index is 1.77. The summed E-state index contributed by atoms with van der Waals surface area (Å²) in [4.78, 5) is 34.3. The van der Waals surface area contributed by atoms with Crippen molar-refractivity contribution in [2.45, 2.75) is 5.03 Å². The van der Waals surface area contributed by atoms with Gasteiger partial charge in [0.2, 0.25) is 5.82 Å². The van der Waals surface area contributed by atoms with Gasteiger partial charge in [-0.1, -0.05) is 0 Å². The molecule has 0 aliphatic carbocycles. The molecule has 0 spiro atoms. The van der Waals surface area contributed by atoms with Crippen LogP contribution in [0.4, 0.5) is 11.5 Å². The Kier molecular flexibility index (Phi) is 4.80. The van der Waals surface area contributed by atoms with Crippen molar-refractivity contribution >= 4 is 29.2 Å². The Morgan fingerprint density at radius 1 is 1.36 bits per heavy atom. The maximum atomic E-state index is 12.3. The molecule has 0 N–H and O–H groups in total. The number of carbonyl (C=O) groups excluding carboxylic acids is 1. The molecular weight excluding hydrogens is 348 g/mol. The summed E-state index contributed by atoms with van der Waals surface area (Å²) in [5.41, 5.74) is 0.179. The Morgan fingerprint density at radius 2 is 2.12 bits per heavy atom. The number of furan rings is 1. The monoisotopic (exact) mass is 360 g/mol. The number of piperazine rings is 1. The van der Waals surface area contributed by atoms with E-state index in [0.29, 0.717) is 43.5 Å². The number of aromatic nitrogens is 2. The summed E-state index contributed by atoms with van der Waals surface area (Å²) in [6.45, 7) is 1.56. The van der Waals surface area contributed by atoms with Crippen LogP contribution in [0, 0.1) is 20.8 Å². The van der Waals surface area contributed by atoms with Gasteiger partial charge in [-0.15, -0.1) is 0 Å². The van der Waals surface area contributed by atoms with Gasteiger partial charge in [0.1, 0.15) is 18.0 Å². The third-order valence-electron chi connectivity index (χ3n) is 3.73. The number of hydrogen-bond acceptors (Lipinski definition) is 9. The van der Waals surface area contributed by atoms with E-state index in [2.05, 4.69) is 9.97 Å². The first-order valence-electron chi connectivity index (χ1n) is 7.23. The number of nitro groups is 1. The van der Waals surface area contributed by atoms with Gasteiger partial charge in [-0.3, -0.25) is 14.9 Å². The molecule has 128 valence electrons. The second kappa shape index (κ2) is 7.18. The zero-order valence-corrected chi connectivity index (χ0v) is 13.7. The lowest BCUT2D eigenvalue weighted by Crippen LogP contribution is -2.49. The van der Waals surface area contributed by atoms with E-state index in [1.54, 1.807) is 21.3 Å². The third kappa shape index (κ3) is 3.38. The highest BCUT2D eigenvalue weighted by molar-refractivity contribution is 8.03. The van der Waals surface area contributed by atoms with Gasteiger partial charge < -0.3 is 14.2 Å². The van der Waals surface area contributed by atoms with Crippen molar-refractivity contribution in [1.29, 1.82) is 5.26 Å². The summed E-state index contributed by atoms with van der Waals surface area (Å²) in [5, 5.41) is 22.0. The molecule has 10 nitrogen and oxygen atoms in total. The first kappa shape index (κ1) is 16.7. The molecule has 3 rings (SSSR count). The van der Waals surface area contributed by atoms with Crippen molar-refractivity contribution in [3.63, 3.8) is 0 Å². The van der Waals surface area contributed by atoms with Gasteiger partial charge in [0, 0.05) is 37.9 Å². The molecule has 3 heterocycles. The molecule has 0 aromatic carbocycles. The molecule has 11 heteroatoms. The molecule has 2 aromatic rings. The quantitative estimate of drug-likeness (QED) is 0.262. The summed E-state index contributed by atoms with van der Waals surface area (Å²) in [6, 6.07) is 1.59. The van der Waals surface area contributed by atoms with E-state index >= 15 is 0 Å². The topological polar surface area (TPSA) is 129 Å². The number of thioether (sulfide) groups is 1. The molecule has 1 aliphatic heterocycles. The van der Waals surface area contributed by atoms with Gasteiger partial charge in [0.05, 0.1) is 16.7 Å². The lowest BCUT2D eigenvalue weighted by atomic mass is 10.2. The van der Waals surface area contributed by atoms with Crippen molar-refractivity contribution in [1.82, 2.24) is 14.9 Å². The van der Waals surface area contributed by atoms with E-state index in [1.807, 2.05) is 0 Å². The molecule has 0 radical (unpaired) electrons. The first-order valence-corrected chi connectivity index (χ1v) is 8.05. The molecule has 0 unspecified atom stereocenters. The number of nitrogens with zero attached hydrogens (tertiary/aromatic N) is 6. The van der Waals surface area contributed by atoms with Crippen LogP contribution in [0.15, 0.2) is 34.4 Å². The number of nitriles is 1. The number of thiocyanates is 1. The van der Waals surface area contributed by atoms with Crippen molar-refractivity contribution in [3.8, 4) is 5.40 Å². The fourth-order valence-corrected chi connectivity index (χ4v) is 3.00. The summed E-state index contributed by atoms with van der Waals surface area (Å²) in [5.74, 6) is 0.0134. The predicted molar refractivity (Wildman–Crippen MR) is 87.0 cm³/mol. The van der Waals surface area contributed by atoms with E-state index < -0.39 is 4.92 Å². The fraction of sp³-hybridized carbons (Fsp3) is 0.286. The standard InChI is InChI=1S/C14H12N6O4S/c15-8-25-13-11(20(22)23)12(16-9-17-13)18-2-4-19(5-3-18)14(21)10-1-6-24-7-10/h1,6-7,9H,2-5H2. The molecule has 1 fully saturated rings. The number of hydrogen-bond donors (Lipinski definition) is 0. The van der Waals surface area contributed by atoms with E-state index in [0.717, 1.165) is 0 Å². The smallest absolute Gasteiger partial charge is 0.344 e. The highest BCUT2D eigenvalue weighted by atomic mass is 32.2. The molecule has 1 aliphatic rings. The van der Waals surface area contributed by atoms with E-state index in [1.165, 1.54) is 18.9 Å². The average molecular weight is 360 g/mol. The lowest BCUT2D eigenvalue weighted by molar-refractivity contribution is -0.387. The van der Waals surface area contributed by atoms with Crippen LogP contribution in [0.2, 0.25) is 0 Å². The predicted octanol–water partition coefficient (Wildman–Crippen LogP) is 1.51. The summed E-state index contributed by atoms with van der Waals surface area (Å²) < 4.78 is 4.92. The van der Waals surface area contributed by atoms with Crippen LogP contribution in [0.3, 0.4) is 0 Å².